The van der Waals surface area contributed by atoms with E-state index in [9.17, 15) is 0 Å². The summed E-state index contributed by atoms with van der Waals surface area (Å²) in [5, 5.41) is 0. The molecule has 0 aliphatic heterocycles. The molecule has 0 aromatic heterocycles. The fourth-order valence-corrected chi connectivity index (χ4v) is 4.06. The molecule has 0 unspecified atom stereocenters. The van der Waals surface area contributed by atoms with Crippen LogP contribution in [0, 0.1) is 0 Å². The van der Waals surface area contributed by atoms with Crippen LogP contribution < -0.4 is 0 Å². The van der Waals surface area contributed by atoms with Crippen LogP contribution in [-0.2, 0) is 0 Å². The molecular weight excluding hydrogens is 620 g/mol. The molecule has 0 spiro atoms. The Morgan fingerprint density at radius 3 is 0.862 bits per heavy atom. The Morgan fingerprint density at radius 2 is 0.621 bits per heavy atom. The molecule has 0 atom stereocenters. The smallest absolute Gasteiger partial charge is 0.0340 e. The van der Waals surface area contributed by atoms with E-state index < -0.39 is 0 Å². The van der Waals surface area contributed by atoms with Crippen LogP contribution in [0.15, 0.2) is 121 Å². The van der Waals surface area contributed by atoms with Crippen LogP contribution >= 0.6 is 63.7 Å². The van der Waals surface area contributed by atoms with Gasteiger partial charge < -0.3 is 0 Å². The van der Waals surface area contributed by atoms with Crippen molar-refractivity contribution in [3.8, 4) is 0 Å². The van der Waals surface area contributed by atoms with E-state index in [0.717, 1.165) is 17.9 Å². The molecule has 4 aromatic rings. The molecule has 4 aromatic carbocycles. The van der Waals surface area contributed by atoms with Crippen molar-refractivity contribution in [3.05, 3.63) is 138 Å². The van der Waals surface area contributed by atoms with Crippen LogP contribution in [0.2, 0.25) is 0 Å². The van der Waals surface area contributed by atoms with Crippen molar-refractivity contribution >= 4 is 63.7 Å². The SMILES string of the molecule is Brc1ccc(C(c2ccc(Br)cc2)c2ccc(Br)cc2)cc1.Brc1ccccc1. The highest BCUT2D eigenvalue weighted by atomic mass is 79.9. The number of rotatable bonds is 3. The van der Waals surface area contributed by atoms with Crippen molar-refractivity contribution in [1.82, 2.24) is 0 Å². The van der Waals surface area contributed by atoms with E-state index in [1.165, 1.54) is 16.7 Å². The summed E-state index contributed by atoms with van der Waals surface area (Å²) in [5.74, 6) is 0.231. The molecule has 0 saturated carbocycles. The lowest BCUT2D eigenvalue weighted by atomic mass is 9.85. The molecule has 0 saturated heterocycles. The molecule has 0 bridgehead atoms. The highest BCUT2D eigenvalue weighted by molar-refractivity contribution is 9.11. The first-order valence-electron chi connectivity index (χ1n) is 9.00. The Balaban J connectivity index is 0.000000290. The second-order valence-electron chi connectivity index (χ2n) is 6.38. The first-order chi connectivity index (χ1) is 14.0. The van der Waals surface area contributed by atoms with Gasteiger partial charge in [0, 0.05) is 23.8 Å². The lowest BCUT2D eigenvalue weighted by Gasteiger charge is -2.19. The van der Waals surface area contributed by atoms with E-state index in [1.807, 2.05) is 30.3 Å². The fourth-order valence-electron chi connectivity index (χ4n) is 2.96. The molecule has 0 N–H and O–H groups in total. The zero-order valence-corrected chi connectivity index (χ0v) is 21.7. The van der Waals surface area contributed by atoms with Gasteiger partial charge in [0.1, 0.15) is 0 Å². The van der Waals surface area contributed by atoms with Crippen molar-refractivity contribution in [2.45, 2.75) is 5.92 Å². The van der Waals surface area contributed by atoms with Gasteiger partial charge in [0.2, 0.25) is 0 Å². The van der Waals surface area contributed by atoms with Gasteiger partial charge in [-0.1, -0.05) is 118 Å². The molecule has 29 heavy (non-hydrogen) atoms. The van der Waals surface area contributed by atoms with Crippen molar-refractivity contribution < 1.29 is 0 Å². The summed E-state index contributed by atoms with van der Waals surface area (Å²) < 4.78 is 4.43. The van der Waals surface area contributed by atoms with Gasteiger partial charge in [0.15, 0.2) is 0 Å². The van der Waals surface area contributed by atoms with Crippen LogP contribution in [-0.4, -0.2) is 0 Å². The van der Waals surface area contributed by atoms with Crippen molar-refractivity contribution in [3.63, 3.8) is 0 Å². The fraction of sp³-hybridized carbons (Fsp3) is 0.0400. The molecule has 0 amide bonds. The molecule has 146 valence electrons. The van der Waals surface area contributed by atoms with E-state index in [2.05, 4.69) is 137 Å². The maximum Gasteiger partial charge on any atom is 0.0340 e. The summed E-state index contributed by atoms with van der Waals surface area (Å²) in [7, 11) is 0. The predicted octanol–water partition coefficient (Wildman–Crippen LogP) is 9.60. The minimum atomic E-state index is 0.231. The van der Waals surface area contributed by atoms with Crippen LogP contribution in [0.1, 0.15) is 22.6 Å². The van der Waals surface area contributed by atoms with Gasteiger partial charge in [-0.25, -0.2) is 0 Å². The summed E-state index contributed by atoms with van der Waals surface area (Å²) in [6.45, 7) is 0. The first kappa shape index (κ1) is 22.5. The Kier molecular flexibility index (Phi) is 8.73. The number of hydrogen-bond donors (Lipinski definition) is 0. The predicted molar refractivity (Wildman–Crippen MR) is 138 cm³/mol. The van der Waals surface area contributed by atoms with Crippen molar-refractivity contribution in [2.75, 3.05) is 0 Å². The summed E-state index contributed by atoms with van der Waals surface area (Å²) in [4.78, 5) is 0. The van der Waals surface area contributed by atoms with Crippen LogP contribution in [0.5, 0.6) is 0 Å². The standard InChI is InChI=1S/C19H13Br3.C6H5Br/c20-16-7-1-13(2-8-16)19(14-3-9-17(21)10-4-14)15-5-11-18(22)12-6-15;7-6-4-2-1-3-5-6/h1-12,19H;1-5H. The number of halogens is 4. The Bertz CT molecular complexity index is 901. The summed E-state index contributed by atoms with van der Waals surface area (Å²) in [6, 6.07) is 35.6. The van der Waals surface area contributed by atoms with E-state index >= 15 is 0 Å². The van der Waals surface area contributed by atoms with Gasteiger partial charge >= 0.3 is 0 Å². The lowest BCUT2D eigenvalue weighted by Crippen LogP contribution is -2.03. The first-order valence-corrected chi connectivity index (χ1v) is 12.2. The monoisotopic (exact) mass is 634 g/mol. The molecule has 4 rings (SSSR count). The van der Waals surface area contributed by atoms with Gasteiger partial charge in [-0.3, -0.25) is 0 Å². The minimum absolute atomic E-state index is 0.231. The maximum atomic E-state index is 3.51. The normalized spacial score (nSPS) is 10.4. The van der Waals surface area contributed by atoms with E-state index in [0.29, 0.717) is 0 Å². The zero-order valence-electron chi connectivity index (χ0n) is 15.4. The Hall–Kier alpha value is -1.20. The van der Waals surface area contributed by atoms with Gasteiger partial charge in [0.05, 0.1) is 0 Å². The lowest BCUT2D eigenvalue weighted by molar-refractivity contribution is 0.975. The van der Waals surface area contributed by atoms with Crippen molar-refractivity contribution in [1.29, 1.82) is 0 Å². The molecule has 4 heteroatoms. The van der Waals surface area contributed by atoms with Gasteiger partial charge in [-0.15, -0.1) is 0 Å². The third kappa shape index (κ3) is 6.92. The number of benzene rings is 4. The van der Waals surface area contributed by atoms with E-state index in [-0.39, 0.29) is 5.92 Å². The third-order valence-electron chi connectivity index (χ3n) is 4.34. The van der Waals surface area contributed by atoms with Crippen LogP contribution in [0.25, 0.3) is 0 Å². The second kappa shape index (κ2) is 11.3. The molecule has 0 radical (unpaired) electrons. The highest BCUT2D eigenvalue weighted by Crippen LogP contribution is 2.33. The quantitative estimate of drug-likeness (QED) is 0.196. The average molecular weight is 638 g/mol. The molecule has 0 heterocycles. The highest BCUT2D eigenvalue weighted by Gasteiger charge is 2.16. The number of hydrogen-bond acceptors (Lipinski definition) is 0. The van der Waals surface area contributed by atoms with Crippen molar-refractivity contribution in [2.24, 2.45) is 0 Å². The summed E-state index contributed by atoms with van der Waals surface area (Å²) in [6.07, 6.45) is 0. The zero-order chi connectivity index (χ0) is 20.6. The van der Waals surface area contributed by atoms with E-state index in [4.69, 9.17) is 0 Å². The topological polar surface area (TPSA) is 0 Å². The second-order valence-corrected chi connectivity index (χ2v) is 10.0. The van der Waals surface area contributed by atoms with Gasteiger partial charge in [-0.05, 0) is 65.2 Å². The van der Waals surface area contributed by atoms with Crippen LogP contribution in [0.3, 0.4) is 0 Å². The molecule has 0 aliphatic rings. The maximum absolute atomic E-state index is 3.51. The minimum Gasteiger partial charge on any atom is -0.0622 e. The Labute approximate surface area is 205 Å². The van der Waals surface area contributed by atoms with E-state index in [1.54, 1.807) is 0 Å². The van der Waals surface area contributed by atoms with Gasteiger partial charge in [0.25, 0.3) is 0 Å². The Morgan fingerprint density at radius 1 is 0.345 bits per heavy atom. The molecule has 0 nitrogen and oxygen atoms in total. The molecular formula is C25H18Br4. The summed E-state index contributed by atoms with van der Waals surface area (Å²) >= 11 is 13.9. The third-order valence-corrected chi connectivity index (χ3v) is 6.46. The largest absolute Gasteiger partial charge is 0.0622 e. The van der Waals surface area contributed by atoms with Crippen LogP contribution in [0.4, 0.5) is 0 Å². The average Bonchev–Trinajstić information content (AvgIpc) is 2.73. The van der Waals surface area contributed by atoms with Gasteiger partial charge in [-0.2, -0.15) is 0 Å². The summed E-state index contributed by atoms with van der Waals surface area (Å²) in [5.41, 5.74) is 3.86. The molecule has 0 fully saturated rings. The molecule has 0 aliphatic carbocycles.